The lowest BCUT2D eigenvalue weighted by molar-refractivity contribution is -0.146. The maximum absolute atomic E-state index is 12.6. The van der Waals surface area contributed by atoms with E-state index in [9.17, 15) is 9.59 Å². The summed E-state index contributed by atoms with van der Waals surface area (Å²) in [7, 11) is 3.04. The first kappa shape index (κ1) is 19.1. The summed E-state index contributed by atoms with van der Waals surface area (Å²) in [4.78, 5) is 26.0. The third-order valence-electron chi connectivity index (χ3n) is 4.74. The summed E-state index contributed by atoms with van der Waals surface area (Å²) in [6.45, 7) is 5.30. The fraction of sp³-hybridized carbons (Fsp3) is 0.579. The lowest BCUT2D eigenvalue weighted by atomic mass is 9.95. The number of likely N-dealkylation sites (tertiary alicyclic amines) is 1. The largest absolute Gasteiger partial charge is 0.497 e. The molecule has 0 aliphatic carbocycles. The van der Waals surface area contributed by atoms with E-state index >= 15 is 0 Å². The molecule has 2 amide bonds. The fourth-order valence-corrected chi connectivity index (χ4v) is 3.16. The van der Waals surface area contributed by atoms with E-state index in [-0.39, 0.29) is 29.9 Å². The molecule has 6 heteroatoms. The van der Waals surface area contributed by atoms with Gasteiger partial charge in [-0.15, -0.1) is 0 Å². The van der Waals surface area contributed by atoms with Crippen molar-refractivity contribution in [2.45, 2.75) is 32.7 Å². The summed E-state index contributed by atoms with van der Waals surface area (Å²) in [6.07, 6.45) is 1.30. The van der Waals surface area contributed by atoms with E-state index in [2.05, 4.69) is 19.2 Å². The quantitative estimate of drug-likeness (QED) is 0.831. The molecule has 1 aromatic carbocycles. The van der Waals surface area contributed by atoms with Gasteiger partial charge in [-0.3, -0.25) is 4.79 Å². The zero-order chi connectivity index (χ0) is 18.4. The number of nitrogens with one attached hydrogen (secondary N) is 1. The lowest BCUT2D eigenvalue weighted by Gasteiger charge is -2.33. The molecular weight excluding hydrogens is 320 g/mol. The molecule has 6 nitrogen and oxygen atoms in total. The molecule has 0 spiro atoms. The second-order valence-corrected chi connectivity index (χ2v) is 6.73. The van der Waals surface area contributed by atoms with Crippen molar-refractivity contribution in [3.05, 3.63) is 29.8 Å². The monoisotopic (exact) mass is 348 g/mol. The zero-order valence-corrected chi connectivity index (χ0v) is 15.5. The van der Waals surface area contributed by atoms with Crippen molar-refractivity contribution < 1.29 is 19.1 Å². The third-order valence-corrected chi connectivity index (χ3v) is 4.74. The molecule has 1 heterocycles. The topological polar surface area (TPSA) is 67.9 Å². The number of urea groups is 1. The molecule has 0 aromatic heterocycles. The molecule has 1 N–H and O–H groups in total. The number of benzene rings is 1. The first-order valence-electron chi connectivity index (χ1n) is 8.73. The van der Waals surface area contributed by atoms with Gasteiger partial charge in [-0.05, 0) is 36.5 Å². The van der Waals surface area contributed by atoms with Crippen LogP contribution in [0.15, 0.2) is 24.3 Å². The van der Waals surface area contributed by atoms with Crippen LogP contribution in [0, 0.1) is 11.8 Å². The number of methoxy groups -OCH3 is 2. The van der Waals surface area contributed by atoms with Crippen LogP contribution in [0.4, 0.5) is 4.79 Å². The molecule has 1 aliphatic rings. The number of nitrogens with zero attached hydrogens (tertiary/aromatic N) is 1. The van der Waals surface area contributed by atoms with Crippen LogP contribution in [0.25, 0.3) is 0 Å². The number of hydrogen-bond donors (Lipinski definition) is 1. The fourth-order valence-electron chi connectivity index (χ4n) is 3.16. The maximum Gasteiger partial charge on any atom is 0.317 e. The second-order valence-electron chi connectivity index (χ2n) is 6.73. The Morgan fingerprint density at radius 3 is 2.20 bits per heavy atom. The molecule has 0 bridgehead atoms. The van der Waals surface area contributed by atoms with Gasteiger partial charge in [0.1, 0.15) is 5.75 Å². The molecule has 1 saturated heterocycles. The van der Waals surface area contributed by atoms with Crippen LogP contribution < -0.4 is 10.1 Å². The normalized spacial score (nSPS) is 16.4. The van der Waals surface area contributed by atoms with E-state index in [1.807, 2.05) is 24.3 Å². The van der Waals surface area contributed by atoms with E-state index in [1.165, 1.54) is 7.11 Å². The van der Waals surface area contributed by atoms with Crippen LogP contribution in [0.2, 0.25) is 0 Å². The highest BCUT2D eigenvalue weighted by Crippen LogP contribution is 2.25. The van der Waals surface area contributed by atoms with Crippen LogP contribution in [-0.4, -0.2) is 44.2 Å². The smallest absolute Gasteiger partial charge is 0.317 e. The number of carbonyl (C=O) groups excluding carboxylic acids is 2. The van der Waals surface area contributed by atoms with Gasteiger partial charge in [0, 0.05) is 13.1 Å². The van der Waals surface area contributed by atoms with E-state index in [0.717, 1.165) is 11.3 Å². The molecule has 1 unspecified atom stereocenters. The molecule has 1 atom stereocenters. The van der Waals surface area contributed by atoms with E-state index in [1.54, 1.807) is 12.0 Å². The summed E-state index contributed by atoms with van der Waals surface area (Å²) < 4.78 is 9.98. The Hall–Kier alpha value is -2.24. The highest BCUT2D eigenvalue weighted by molar-refractivity contribution is 5.76. The highest BCUT2D eigenvalue weighted by Gasteiger charge is 2.29. The average Bonchev–Trinajstić information content (AvgIpc) is 2.65. The van der Waals surface area contributed by atoms with Crippen molar-refractivity contribution in [3.8, 4) is 5.75 Å². The minimum Gasteiger partial charge on any atom is -0.497 e. The van der Waals surface area contributed by atoms with Crippen molar-refractivity contribution in [3.63, 3.8) is 0 Å². The van der Waals surface area contributed by atoms with Crippen LogP contribution >= 0.6 is 0 Å². The van der Waals surface area contributed by atoms with Gasteiger partial charge in [0.2, 0.25) is 0 Å². The number of esters is 1. The SMILES string of the molecule is COC(=O)C1CCN(C(=O)NC(c2ccc(OC)cc2)C(C)C)CC1. The minimum atomic E-state index is -0.182. The number of amides is 2. The Morgan fingerprint density at radius 2 is 1.72 bits per heavy atom. The van der Waals surface area contributed by atoms with Gasteiger partial charge >= 0.3 is 12.0 Å². The van der Waals surface area contributed by atoms with Crippen molar-refractivity contribution in [2.24, 2.45) is 11.8 Å². The van der Waals surface area contributed by atoms with Crippen LogP contribution in [-0.2, 0) is 9.53 Å². The van der Waals surface area contributed by atoms with Gasteiger partial charge in [0.25, 0.3) is 0 Å². The molecule has 1 aliphatic heterocycles. The Bertz CT molecular complexity index is 578. The van der Waals surface area contributed by atoms with Crippen LogP contribution in [0.1, 0.15) is 38.3 Å². The first-order chi connectivity index (χ1) is 12.0. The molecule has 1 fully saturated rings. The Kier molecular flexibility index (Phi) is 6.67. The zero-order valence-electron chi connectivity index (χ0n) is 15.5. The van der Waals surface area contributed by atoms with Crippen LogP contribution in [0.3, 0.4) is 0 Å². The van der Waals surface area contributed by atoms with Gasteiger partial charge in [-0.25, -0.2) is 4.79 Å². The second kappa shape index (κ2) is 8.74. The predicted octanol–water partition coefficient (Wildman–Crippen LogP) is 2.99. The minimum absolute atomic E-state index is 0.0725. The molecule has 0 radical (unpaired) electrons. The molecule has 25 heavy (non-hydrogen) atoms. The summed E-state index contributed by atoms with van der Waals surface area (Å²) in [5.41, 5.74) is 1.05. The predicted molar refractivity (Wildman–Crippen MR) is 95.4 cm³/mol. The number of piperidine rings is 1. The number of rotatable bonds is 5. The van der Waals surface area contributed by atoms with E-state index in [4.69, 9.17) is 9.47 Å². The summed E-state index contributed by atoms with van der Waals surface area (Å²) in [6, 6.07) is 7.60. The number of carbonyl (C=O) groups is 2. The van der Waals surface area contributed by atoms with Gasteiger partial charge in [-0.2, -0.15) is 0 Å². The van der Waals surface area contributed by atoms with Crippen molar-refractivity contribution in [1.82, 2.24) is 10.2 Å². The Morgan fingerprint density at radius 1 is 1.12 bits per heavy atom. The standard InChI is InChI=1S/C19H28N2O4/c1-13(2)17(14-5-7-16(24-3)8-6-14)20-19(23)21-11-9-15(10-12-21)18(22)25-4/h5-8,13,15,17H,9-12H2,1-4H3,(H,20,23). The molecule has 138 valence electrons. The summed E-state index contributed by atoms with van der Waals surface area (Å²) >= 11 is 0. The third kappa shape index (κ3) is 4.87. The number of hydrogen-bond acceptors (Lipinski definition) is 4. The highest BCUT2D eigenvalue weighted by atomic mass is 16.5. The molecule has 1 aromatic rings. The molecular formula is C19H28N2O4. The summed E-state index contributed by atoms with van der Waals surface area (Å²) in [5.74, 6) is 0.766. The van der Waals surface area contributed by atoms with Crippen molar-refractivity contribution in [2.75, 3.05) is 27.3 Å². The molecule has 0 saturated carbocycles. The summed E-state index contributed by atoms with van der Waals surface area (Å²) in [5, 5.41) is 3.13. The van der Waals surface area contributed by atoms with Gasteiger partial charge < -0.3 is 19.7 Å². The average molecular weight is 348 g/mol. The Labute approximate surface area is 149 Å². The van der Waals surface area contributed by atoms with Crippen molar-refractivity contribution >= 4 is 12.0 Å². The van der Waals surface area contributed by atoms with E-state index in [0.29, 0.717) is 25.9 Å². The van der Waals surface area contributed by atoms with E-state index < -0.39 is 0 Å². The van der Waals surface area contributed by atoms with Crippen molar-refractivity contribution in [1.29, 1.82) is 0 Å². The van der Waals surface area contributed by atoms with Gasteiger partial charge in [0.15, 0.2) is 0 Å². The molecule has 2 rings (SSSR count). The lowest BCUT2D eigenvalue weighted by Crippen LogP contribution is -2.47. The number of ether oxygens (including phenoxy) is 2. The maximum atomic E-state index is 12.6. The first-order valence-corrected chi connectivity index (χ1v) is 8.73. The Balaban J connectivity index is 1.97. The van der Waals surface area contributed by atoms with Gasteiger partial charge in [-0.1, -0.05) is 26.0 Å². The van der Waals surface area contributed by atoms with Gasteiger partial charge in [0.05, 0.1) is 26.2 Å². The van der Waals surface area contributed by atoms with Crippen LogP contribution in [0.5, 0.6) is 5.75 Å².